The molecular formula is C17H20ClN3O5S. The molecule has 8 nitrogen and oxygen atoms in total. The lowest BCUT2D eigenvalue weighted by Crippen LogP contribution is -2.42. The number of rotatable bonds is 7. The van der Waals surface area contributed by atoms with Gasteiger partial charge in [-0.05, 0) is 37.1 Å². The summed E-state index contributed by atoms with van der Waals surface area (Å²) in [5, 5.41) is 8.94. The van der Waals surface area contributed by atoms with Crippen LogP contribution in [0.15, 0.2) is 29.2 Å². The van der Waals surface area contributed by atoms with Gasteiger partial charge in [-0.2, -0.15) is 9.57 Å². The van der Waals surface area contributed by atoms with Crippen LogP contribution in [-0.4, -0.2) is 62.3 Å². The second-order valence-corrected chi connectivity index (χ2v) is 8.39. The number of sulfonamides is 1. The van der Waals surface area contributed by atoms with Gasteiger partial charge in [0.05, 0.1) is 17.4 Å². The molecule has 1 fully saturated rings. The Labute approximate surface area is 163 Å². The molecule has 27 heavy (non-hydrogen) atoms. The average molecular weight is 414 g/mol. The van der Waals surface area contributed by atoms with E-state index in [1.54, 1.807) is 0 Å². The summed E-state index contributed by atoms with van der Waals surface area (Å²) in [5.41, 5.74) is 0. The molecule has 1 aromatic rings. The number of ether oxygens (including phenoxy) is 1. The zero-order valence-corrected chi connectivity index (χ0v) is 16.4. The average Bonchev–Trinajstić information content (AvgIpc) is 3.15. The maximum absolute atomic E-state index is 12.8. The fourth-order valence-corrected chi connectivity index (χ4v) is 4.46. The summed E-state index contributed by atoms with van der Waals surface area (Å²) in [6.07, 6.45) is 1.01. The van der Waals surface area contributed by atoms with Crippen molar-refractivity contribution in [1.29, 1.82) is 5.26 Å². The minimum atomic E-state index is -3.87. The number of amides is 1. The standard InChI is InChI=1S/C17H20ClN3O5S/c1-20(10-3-9-19)16(22)12-26-17(23)15-4-2-11-21(15)27(24,25)14-7-5-13(18)6-8-14/h5-8,15H,2-4,10-12H2,1H3/t15-/m0/s1. The molecule has 1 heterocycles. The number of hydrogen-bond acceptors (Lipinski definition) is 6. The van der Waals surface area contributed by atoms with Crippen LogP contribution in [0.1, 0.15) is 19.3 Å². The van der Waals surface area contributed by atoms with Gasteiger partial charge in [0.25, 0.3) is 5.91 Å². The number of nitrogens with zero attached hydrogens (tertiary/aromatic N) is 3. The quantitative estimate of drug-likeness (QED) is 0.625. The molecule has 2 rings (SSSR count). The van der Waals surface area contributed by atoms with Gasteiger partial charge in [0.2, 0.25) is 10.0 Å². The molecule has 1 atom stereocenters. The SMILES string of the molecule is CN(CCC#N)C(=O)COC(=O)[C@@H]1CCCN1S(=O)(=O)c1ccc(Cl)cc1. The lowest BCUT2D eigenvalue weighted by atomic mass is 10.2. The van der Waals surface area contributed by atoms with E-state index in [9.17, 15) is 18.0 Å². The first-order chi connectivity index (χ1) is 12.8. The Morgan fingerprint density at radius 2 is 2.04 bits per heavy atom. The molecule has 10 heteroatoms. The summed E-state index contributed by atoms with van der Waals surface area (Å²) in [6, 6.07) is 6.65. The van der Waals surface area contributed by atoms with Gasteiger partial charge in [-0.3, -0.25) is 9.59 Å². The summed E-state index contributed by atoms with van der Waals surface area (Å²) in [5.74, 6) is -1.21. The van der Waals surface area contributed by atoms with E-state index >= 15 is 0 Å². The minimum absolute atomic E-state index is 0.0407. The van der Waals surface area contributed by atoms with Crippen LogP contribution < -0.4 is 0 Å². The number of nitriles is 1. The molecule has 0 spiro atoms. The first-order valence-electron chi connectivity index (χ1n) is 8.32. The molecule has 1 aliphatic rings. The Hall–Kier alpha value is -2.15. The van der Waals surface area contributed by atoms with Crippen LogP contribution in [0.4, 0.5) is 0 Å². The van der Waals surface area contributed by atoms with Crippen molar-refractivity contribution in [2.45, 2.75) is 30.2 Å². The van der Waals surface area contributed by atoms with Crippen molar-refractivity contribution in [1.82, 2.24) is 9.21 Å². The first-order valence-corrected chi connectivity index (χ1v) is 10.1. The van der Waals surface area contributed by atoms with E-state index in [-0.39, 0.29) is 24.4 Å². The number of carbonyl (C=O) groups excluding carboxylic acids is 2. The molecule has 1 aromatic carbocycles. The number of carbonyl (C=O) groups is 2. The Bertz CT molecular complexity index is 835. The second kappa shape index (κ2) is 9.17. The maximum atomic E-state index is 12.8. The molecule has 0 aromatic heterocycles. The van der Waals surface area contributed by atoms with Gasteiger partial charge in [0.15, 0.2) is 6.61 Å². The molecule has 0 aliphatic carbocycles. The highest BCUT2D eigenvalue weighted by Gasteiger charge is 2.40. The van der Waals surface area contributed by atoms with Gasteiger partial charge in [-0.15, -0.1) is 0 Å². The summed E-state index contributed by atoms with van der Waals surface area (Å²) < 4.78 is 31.7. The van der Waals surface area contributed by atoms with Crippen molar-refractivity contribution in [3.05, 3.63) is 29.3 Å². The van der Waals surface area contributed by atoms with E-state index < -0.39 is 34.5 Å². The number of esters is 1. The zero-order valence-electron chi connectivity index (χ0n) is 14.8. The van der Waals surface area contributed by atoms with E-state index in [1.807, 2.05) is 6.07 Å². The van der Waals surface area contributed by atoms with Crippen LogP contribution in [-0.2, 0) is 24.3 Å². The van der Waals surface area contributed by atoms with Crippen molar-refractivity contribution in [2.24, 2.45) is 0 Å². The van der Waals surface area contributed by atoms with Crippen LogP contribution in [0, 0.1) is 11.3 Å². The van der Waals surface area contributed by atoms with Crippen LogP contribution in [0.5, 0.6) is 0 Å². The summed E-state index contributed by atoms with van der Waals surface area (Å²) in [6.45, 7) is -0.0692. The van der Waals surface area contributed by atoms with Gasteiger partial charge >= 0.3 is 5.97 Å². The van der Waals surface area contributed by atoms with Crippen LogP contribution in [0.3, 0.4) is 0 Å². The molecule has 0 radical (unpaired) electrons. The van der Waals surface area contributed by atoms with Gasteiger partial charge in [0.1, 0.15) is 6.04 Å². The lowest BCUT2D eigenvalue weighted by molar-refractivity contribution is -0.154. The van der Waals surface area contributed by atoms with Crippen molar-refractivity contribution in [2.75, 3.05) is 26.7 Å². The zero-order chi connectivity index (χ0) is 20.0. The fourth-order valence-electron chi connectivity index (χ4n) is 2.69. The van der Waals surface area contributed by atoms with E-state index in [0.717, 1.165) is 4.31 Å². The van der Waals surface area contributed by atoms with Gasteiger partial charge in [-0.1, -0.05) is 11.6 Å². The highest BCUT2D eigenvalue weighted by Crippen LogP contribution is 2.27. The van der Waals surface area contributed by atoms with Crippen LogP contribution in [0.2, 0.25) is 5.02 Å². The Morgan fingerprint density at radius 1 is 1.37 bits per heavy atom. The van der Waals surface area contributed by atoms with E-state index in [2.05, 4.69) is 0 Å². The molecule has 1 amide bonds. The number of hydrogen-bond donors (Lipinski definition) is 0. The Kier molecular flexibility index (Phi) is 7.18. The van der Waals surface area contributed by atoms with Crippen LogP contribution in [0.25, 0.3) is 0 Å². The normalized spacial score (nSPS) is 17.3. The molecule has 0 unspecified atom stereocenters. The summed E-state index contributed by atoms with van der Waals surface area (Å²) in [4.78, 5) is 25.6. The Balaban J connectivity index is 2.03. The van der Waals surface area contributed by atoms with Crippen molar-refractivity contribution >= 4 is 33.5 Å². The molecule has 1 saturated heterocycles. The number of halogens is 1. The van der Waals surface area contributed by atoms with E-state index in [0.29, 0.717) is 17.9 Å². The molecule has 1 aliphatic heterocycles. The Morgan fingerprint density at radius 3 is 2.67 bits per heavy atom. The third kappa shape index (κ3) is 5.19. The number of likely N-dealkylation sites (N-methyl/N-ethyl adjacent to an activating group) is 1. The monoisotopic (exact) mass is 413 g/mol. The van der Waals surface area contributed by atoms with Crippen molar-refractivity contribution in [3.63, 3.8) is 0 Å². The van der Waals surface area contributed by atoms with Gasteiger partial charge in [0, 0.05) is 25.2 Å². The summed E-state index contributed by atoms with van der Waals surface area (Å²) in [7, 11) is -2.37. The predicted octanol–water partition coefficient (Wildman–Crippen LogP) is 1.41. The maximum Gasteiger partial charge on any atom is 0.324 e. The lowest BCUT2D eigenvalue weighted by Gasteiger charge is -2.23. The third-order valence-corrected chi connectivity index (χ3v) is 6.39. The highest BCUT2D eigenvalue weighted by atomic mass is 35.5. The molecular weight excluding hydrogens is 394 g/mol. The predicted molar refractivity (Wildman–Crippen MR) is 97.2 cm³/mol. The van der Waals surface area contributed by atoms with Crippen molar-refractivity contribution in [3.8, 4) is 6.07 Å². The second-order valence-electron chi connectivity index (χ2n) is 6.06. The minimum Gasteiger partial charge on any atom is -0.454 e. The highest BCUT2D eigenvalue weighted by molar-refractivity contribution is 7.89. The fraction of sp³-hybridized carbons (Fsp3) is 0.471. The van der Waals surface area contributed by atoms with Gasteiger partial charge < -0.3 is 9.64 Å². The van der Waals surface area contributed by atoms with E-state index in [1.165, 1.54) is 36.2 Å². The topological polar surface area (TPSA) is 108 Å². The van der Waals surface area contributed by atoms with Crippen molar-refractivity contribution < 1.29 is 22.7 Å². The molecule has 0 saturated carbocycles. The molecule has 0 bridgehead atoms. The molecule has 146 valence electrons. The first kappa shape index (κ1) is 21.2. The summed E-state index contributed by atoms with van der Waals surface area (Å²) >= 11 is 5.79. The molecule has 0 N–H and O–H groups in total. The largest absolute Gasteiger partial charge is 0.454 e. The number of benzene rings is 1. The smallest absolute Gasteiger partial charge is 0.324 e. The van der Waals surface area contributed by atoms with Crippen LogP contribution >= 0.6 is 11.6 Å². The van der Waals surface area contributed by atoms with E-state index in [4.69, 9.17) is 21.6 Å². The third-order valence-electron chi connectivity index (χ3n) is 4.22. The van der Waals surface area contributed by atoms with Gasteiger partial charge in [-0.25, -0.2) is 8.42 Å².